The zero-order chi connectivity index (χ0) is 20.1. The average molecular weight is 382 g/mol. The molecule has 0 saturated carbocycles. The van der Waals surface area contributed by atoms with Crippen LogP contribution in [0.5, 0.6) is 0 Å². The zero-order valence-electron chi connectivity index (χ0n) is 16.6. The predicted molar refractivity (Wildman–Crippen MR) is 104 cm³/mol. The first-order valence-corrected chi connectivity index (χ1v) is 9.89. The van der Waals surface area contributed by atoms with Crippen molar-refractivity contribution in [3.05, 3.63) is 29.3 Å². The molecule has 2 amide bonds. The summed E-state index contributed by atoms with van der Waals surface area (Å²) in [6.07, 6.45) is 5.43. The summed E-state index contributed by atoms with van der Waals surface area (Å²) in [5.41, 5.74) is 1.83. The fraction of sp³-hybridized carbons (Fsp3) is 0.571. The smallest absolute Gasteiger partial charge is 0.414 e. The minimum Gasteiger partial charge on any atom is -0.443 e. The average Bonchev–Trinajstić information content (AvgIpc) is 3.31. The third kappa shape index (κ3) is 3.28. The molecule has 0 aromatic heterocycles. The van der Waals surface area contributed by atoms with Crippen LogP contribution in [-0.4, -0.2) is 47.2 Å². The van der Waals surface area contributed by atoms with Crippen LogP contribution in [0.4, 0.5) is 10.5 Å². The highest BCUT2D eigenvalue weighted by Crippen LogP contribution is 2.37. The van der Waals surface area contributed by atoms with Gasteiger partial charge >= 0.3 is 6.09 Å². The van der Waals surface area contributed by atoms with Gasteiger partial charge in [0.05, 0.1) is 17.8 Å². The number of nitrogens with one attached hydrogen (secondary N) is 1. The van der Waals surface area contributed by atoms with E-state index in [0.29, 0.717) is 18.5 Å². The van der Waals surface area contributed by atoms with Crippen LogP contribution in [0.15, 0.2) is 18.2 Å². The van der Waals surface area contributed by atoms with Gasteiger partial charge in [-0.2, -0.15) is 5.26 Å². The molecule has 3 aliphatic rings. The van der Waals surface area contributed by atoms with E-state index in [4.69, 9.17) is 4.74 Å². The Bertz CT molecular complexity index is 854. The van der Waals surface area contributed by atoms with Gasteiger partial charge in [-0.15, -0.1) is 0 Å². The molecule has 28 heavy (non-hydrogen) atoms. The highest BCUT2D eigenvalue weighted by Gasteiger charge is 2.46. The number of hydrogen-bond acceptors (Lipinski definition) is 5. The number of hydrogen-bond donors (Lipinski definition) is 1. The third-order valence-corrected chi connectivity index (χ3v) is 5.82. The van der Waals surface area contributed by atoms with Crippen molar-refractivity contribution < 1.29 is 14.3 Å². The van der Waals surface area contributed by atoms with E-state index in [1.165, 1.54) is 0 Å². The van der Waals surface area contributed by atoms with Crippen LogP contribution >= 0.6 is 0 Å². The summed E-state index contributed by atoms with van der Waals surface area (Å²) in [5.74, 6) is -0.117. The standard InChI is InChI=1S/C21H26N4O3/c1-21(2,3)28-20(27)24-9-8-13-10-14(4-6-17(13)24)19(26)23-16-11-15-5-7-18(16)25(15)12-22/h4,6,10,15-16,18H,5,7-9,11H2,1-3H3,(H,23,26). The van der Waals surface area contributed by atoms with Gasteiger partial charge in [-0.05, 0) is 70.2 Å². The number of benzene rings is 1. The van der Waals surface area contributed by atoms with E-state index in [2.05, 4.69) is 11.5 Å². The number of amides is 2. The van der Waals surface area contributed by atoms with Gasteiger partial charge in [-0.25, -0.2) is 4.79 Å². The van der Waals surface area contributed by atoms with E-state index in [9.17, 15) is 14.9 Å². The van der Waals surface area contributed by atoms with Crippen molar-refractivity contribution in [2.24, 2.45) is 0 Å². The molecule has 0 radical (unpaired) electrons. The molecule has 0 aliphatic carbocycles. The van der Waals surface area contributed by atoms with Gasteiger partial charge in [0.15, 0.2) is 6.19 Å². The van der Waals surface area contributed by atoms with E-state index in [0.717, 1.165) is 30.5 Å². The first-order chi connectivity index (χ1) is 13.3. The maximum atomic E-state index is 12.8. The number of rotatable bonds is 2. The molecule has 2 fully saturated rings. The molecule has 2 saturated heterocycles. The zero-order valence-corrected chi connectivity index (χ0v) is 16.6. The topological polar surface area (TPSA) is 85.7 Å². The van der Waals surface area contributed by atoms with E-state index in [1.54, 1.807) is 11.0 Å². The fourth-order valence-corrected chi connectivity index (χ4v) is 4.60. The molecule has 3 unspecified atom stereocenters. The van der Waals surface area contributed by atoms with Gasteiger partial charge < -0.3 is 15.0 Å². The second-order valence-electron chi connectivity index (χ2n) is 8.85. The van der Waals surface area contributed by atoms with E-state index < -0.39 is 5.60 Å². The van der Waals surface area contributed by atoms with Crippen LogP contribution in [0, 0.1) is 11.5 Å². The largest absolute Gasteiger partial charge is 0.443 e. The molecule has 1 aromatic rings. The lowest BCUT2D eigenvalue weighted by Gasteiger charge is -2.25. The summed E-state index contributed by atoms with van der Waals surface area (Å²) >= 11 is 0. The van der Waals surface area contributed by atoms with Crippen LogP contribution in [0.3, 0.4) is 0 Å². The van der Waals surface area contributed by atoms with Gasteiger partial charge in [0.25, 0.3) is 5.91 Å². The van der Waals surface area contributed by atoms with Gasteiger partial charge in [0.2, 0.25) is 0 Å². The number of nitrogens with zero attached hydrogens (tertiary/aromatic N) is 3. The van der Waals surface area contributed by atoms with Gasteiger partial charge in [-0.1, -0.05) is 0 Å². The number of carbonyl (C=O) groups is 2. The summed E-state index contributed by atoms with van der Waals surface area (Å²) < 4.78 is 5.47. The summed E-state index contributed by atoms with van der Waals surface area (Å²) in [6.45, 7) is 6.09. The Morgan fingerprint density at radius 2 is 2.07 bits per heavy atom. The Morgan fingerprint density at radius 1 is 1.29 bits per heavy atom. The molecule has 3 atom stereocenters. The van der Waals surface area contributed by atoms with Crippen molar-refractivity contribution in [1.29, 1.82) is 5.26 Å². The van der Waals surface area contributed by atoms with Crippen molar-refractivity contribution >= 4 is 17.7 Å². The number of anilines is 1. The highest BCUT2D eigenvalue weighted by molar-refractivity contribution is 5.97. The third-order valence-electron chi connectivity index (χ3n) is 5.82. The molecule has 7 heteroatoms. The number of ether oxygens (including phenoxy) is 1. The Hall–Kier alpha value is -2.75. The number of nitriles is 1. The minimum atomic E-state index is -0.544. The molecule has 7 nitrogen and oxygen atoms in total. The lowest BCUT2D eigenvalue weighted by molar-refractivity contribution is 0.0584. The molecule has 4 rings (SSSR count). The van der Waals surface area contributed by atoms with E-state index >= 15 is 0 Å². The first kappa shape index (κ1) is 18.6. The Balaban J connectivity index is 1.44. The van der Waals surface area contributed by atoms with Crippen LogP contribution in [0.25, 0.3) is 0 Å². The van der Waals surface area contributed by atoms with Crippen molar-refractivity contribution in [3.8, 4) is 6.19 Å². The molecule has 3 aliphatic heterocycles. The number of carbonyl (C=O) groups excluding carboxylic acids is 2. The molecular formula is C21H26N4O3. The van der Waals surface area contributed by atoms with Crippen molar-refractivity contribution in [2.45, 2.75) is 70.2 Å². The summed E-state index contributed by atoms with van der Waals surface area (Å²) in [7, 11) is 0. The quantitative estimate of drug-likeness (QED) is 0.795. The van der Waals surface area contributed by atoms with Gasteiger partial charge in [0, 0.05) is 18.2 Å². The SMILES string of the molecule is CC(C)(C)OC(=O)N1CCc2cc(C(=O)NC3CC4CCC3N4C#N)ccc21. The Morgan fingerprint density at radius 3 is 2.75 bits per heavy atom. The molecule has 148 valence electrons. The second-order valence-corrected chi connectivity index (χ2v) is 8.85. The van der Waals surface area contributed by atoms with E-state index in [-0.39, 0.29) is 30.1 Å². The molecule has 0 spiro atoms. The normalized spacial score (nSPS) is 25.4. The van der Waals surface area contributed by atoms with Crippen LogP contribution in [0.1, 0.15) is 56.0 Å². The minimum absolute atomic E-state index is 0.0254. The van der Waals surface area contributed by atoms with E-state index in [1.807, 2.05) is 37.8 Å². The monoisotopic (exact) mass is 382 g/mol. The van der Waals surface area contributed by atoms with Crippen molar-refractivity contribution in [3.63, 3.8) is 0 Å². The van der Waals surface area contributed by atoms with Crippen LogP contribution < -0.4 is 10.2 Å². The van der Waals surface area contributed by atoms with Gasteiger partial charge in [-0.3, -0.25) is 9.69 Å². The van der Waals surface area contributed by atoms with Crippen LogP contribution in [-0.2, 0) is 11.2 Å². The maximum Gasteiger partial charge on any atom is 0.414 e. The molecule has 1 N–H and O–H groups in total. The second kappa shape index (κ2) is 6.69. The molecule has 2 bridgehead atoms. The summed E-state index contributed by atoms with van der Waals surface area (Å²) in [5, 5.41) is 12.4. The van der Waals surface area contributed by atoms with Gasteiger partial charge in [0.1, 0.15) is 5.60 Å². The highest BCUT2D eigenvalue weighted by atomic mass is 16.6. The first-order valence-electron chi connectivity index (χ1n) is 9.89. The van der Waals surface area contributed by atoms with Crippen molar-refractivity contribution in [2.75, 3.05) is 11.4 Å². The molecule has 1 aromatic carbocycles. The summed E-state index contributed by atoms with van der Waals surface area (Å²) in [6, 6.07) is 5.86. The molecule has 3 heterocycles. The predicted octanol–water partition coefficient (Wildman–Crippen LogP) is 2.80. The lowest BCUT2D eigenvalue weighted by atomic mass is 9.95. The Kier molecular flexibility index (Phi) is 4.45. The van der Waals surface area contributed by atoms with Crippen LogP contribution in [0.2, 0.25) is 0 Å². The summed E-state index contributed by atoms with van der Waals surface area (Å²) in [4.78, 5) is 28.6. The molecular weight excluding hydrogens is 356 g/mol. The lowest BCUT2D eigenvalue weighted by Crippen LogP contribution is -2.43. The maximum absolute atomic E-state index is 12.8. The fourth-order valence-electron chi connectivity index (χ4n) is 4.60. The Labute approximate surface area is 165 Å². The number of fused-ring (bicyclic) bond motifs is 3. The van der Waals surface area contributed by atoms with Crippen molar-refractivity contribution in [1.82, 2.24) is 10.2 Å².